The Morgan fingerprint density at radius 1 is 1.23 bits per heavy atom. The number of fused-ring (bicyclic) bond motifs is 4. The number of hydrogen-bond donors (Lipinski definition) is 0. The average Bonchev–Trinajstić information content (AvgIpc) is 3.23. The third kappa shape index (κ3) is 3.35. The van der Waals surface area contributed by atoms with Crippen LogP contribution in [0.15, 0.2) is 41.5 Å². The van der Waals surface area contributed by atoms with Gasteiger partial charge in [-0.05, 0) is 48.0 Å². The largest absolute Gasteiger partial charge is 0.337 e. The molecule has 1 amide bonds. The van der Waals surface area contributed by atoms with Crippen LogP contribution in [-0.4, -0.2) is 43.0 Å². The van der Waals surface area contributed by atoms with Gasteiger partial charge in [0.2, 0.25) is 0 Å². The summed E-state index contributed by atoms with van der Waals surface area (Å²) in [4.78, 5) is 32.9. The Morgan fingerprint density at radius 2 is 2.13 bits per heavy atom. The second-order valence-electron chi connectivity index (χ2n) is 8.17. The number of hydrogen-bond acceptors (Lipinski definition) is 6. The minimum absolute atomic E-state index is 0.0257. The molecule has 0 spiro atoms. The molecule has 0 aromatic carbocycles. The molecule has 1 fully saturated rings. The number of likely N-dealkylation sites (tertiary alicyclic amines) is 1. The predicted molar refractivity (Wildman–Crippen MR) is 115 cm³/mol. The highest BCUT2D eigenvalue weighted by Crippen LogP contribution is 2.37. The number of nitrogens with zero attached hydrogens (tertiary/aromatic N) is 5. The molecule has 0 saturated carbocycles. The molecule has 0 radical (unpaired) electrons. The molecule has 30 heavy (non-hydrogen) atoms. The number of piperidine rings is 1. The molecular formula is C22H23N5O2S. The minimum atomic E-state index is 0.0257. The first-order valence-electron chi connectivity index (χ1n) is 10.4. The van der Waals surface area contributed by atoms with Gasteiger partial charge in [0.1, 0.15) is 4.88 Å². The summed E-state index contributed by atoms with van der Waals surface area (Å²) >= 11 is 1.19. The number of rotatable bonds is 4. The fraction of sp³-hybridized carbons (Fsp3) is 0.409. The number of aromatic nitrogens is 4. The van der Waals surface area contributed by atoms with E-state index in [1.165, 1.54) is 11.5 Å². The van der Waals surface area contributed by atoms with Gasteiger partial charge in [0.05, 0.1) is 5.69 Å². The van der Waals surface area contributed by atoms with Crippen LogP contribution in [0, 0.1) is 5.92 Å². The molecule has 0 unspecified atom stereocenters. The molecule has 2 bridgehead atoms. The lowest BCUT2D eigenvalue weighted by molar-refractivity contribution is 0.0598. The van der Waals surface area contributed by atoms with E-state index in [4.69, 9.17) is 0 Å². The topological polar surface area (TPSA) is 81.0 Å². The highest BCUT2D eigenvalue weighted by molar-refractivity contribution is 7.08. The lowest BCUT2D eigenvalue weighted by Gasteiger charge is -2.42. The molecule has 2 atom stereocenters. The van der Waals surface area contributed by atoms with Crippen LogP contribution < -0.4 is 5.56 Å². The van der Waals surface area contributed by atoms with Crippen LogP contribution in [0.1, 0.15) is 46.7 Å². The molecular weight excluding hydrogens is 398 g/mol. The first-order chi connectivity index (χ1) is 14.6. The van der Waals surface area contributed by atoms with E-state index in [1.807, 2.05) is 21.6 Å². The summed E-state index contributed by atoms with van der Waals surface area (Å²) in [5, 5.41) is 4.16. The SMILES string of the molecule is CCCc1nnsc1C(=O)N1C[C@@H]2C[C@H](C1)c1cc(-c3cccnc3)cc(=O)n1C2. The first-order valence-corrected chi connectivity index (χ1v) is 11.2. The van der Waals surface area contributed by atoms with Crippen molar-refractivity contribution in [1.29, 1.82) is 0 Å². The van der Waals surface area contributed by atoms with Gasteiger partial charge in [0.25, 0.3) is 11.5 Å². The van der Waals surface area contributed by atoms with Gasteiger partial charge in [0.15, 0.2) is 0 Å². The zero-order chi connectivity index (χ0) is 20.7. The molecule has 8 heteroatoms. The fourth-order valence-electron chi connectivity index (χ4n) is 4.74. The van der Waals surface area contributed by atoms with Crippen LogP contribution in [0.5, 0.6) is 0 Å². The first kappa shape index (κ1) is 19.1. The maximum atomic E-state index is 13.2. The molecule has 0 N–H and O–H groups in total. The summed E-state index contributed by atoms with van der Waals surface area (Å²) in [5.41, 5.74) is 3.67. The Bertz CT molecular complexity index is 1140. The van der Waals surface area contributed by atoms with E-state index in [-0.39, 0.29) is 23.3 Å². The quantitative estimate of drug-likeness (QED) is 0.647. The molecule has 3 aromatic rings. The number of carbonyl (C=O) groups is 1. The van der Waals surface area contributed by atoms with Gasteiger partial charge in [-0.25, -0.2) is 0 Å². The summed E-state index contributed by atoms with van der Waals surface area (Å²) < 4.78 is 5.91. The molecule has 154 valence electrons. The van der Waals surface area contributed by atoms with E-state index >= 15 is 0 Å². The summed E-state index contributed by atoms with van der Waals surface area (Å²) in [6.45, 7) is 4.03. The van der Waals surface area contributed by atoms with Gasteiger partial charge in [-0.1, -0.05) is 23.9 Å². The fourth-order valence-corrected chi connectivity index (χ4v) is 5.42. The summed E-state index contributed by atoms with van der Waals surface area (Å²) in [5.74, 6) is 0.473. The van der Waals surface area contributed by atoms with Crippen LogP contribution in [0.3, 0.4) is 0 Å². The summed E-state index contributed by atoms with van der Waals surface area (Å²) in [7, 11) is 0. The van der Waals surface area contributed by atoms with Gasteiger partial charge in [-0.3, -0.25) is 14.6 Å². The maximum Gasteiger partial charge on any atom is 0.267 e. The predicted octanol–water partition coefficient (Wildman–Crippen LogP) is 2.97. The molecule has 1 saturated heterocycles. The van der Waals surface area contributed by atoms with Gasteiger partial charge in [-0.15, -0.1) is 5.10 Å². The van der Waals surface area contributed by atoms with Crippen molar-refractivity contribution in [1.82, 2.24) is 24.0 Å². The molecule has 2 aliphatic rings. The van der Waals surface area contributed by atoms with Crippen LogP contribution in [0.25, 0.3) is 11.1 Å². The number of carbonyl (C=O) groups excluding carboxylic acids is 1. The Morgan fingerprint density at radius 3 is 2.93 bits per heavy atom. The van der Waals surface area contributed by atoms with Crippen molar-refractivity contribution in [2.24, 2.45) is 5.92 Å². The lowest BCUT2D eigenvalue weighted by atomic mass is 9.82. The number of amides is 1. The van der Waals surface area contributed by atoms with Crippen molar-refractivity contribution >= 4 is 17.4 Å². The van der Waals surface area contributed by atoms with Gasteiger partial charge in [0, 0.05) is 55.3 Å². The lowest BCUT2D eigenvalue weighted by Crippen LogP contribution is -2.49. The third-order valence-electron chi connectivity index (χ3n) is 6.08. The monoisotopic (exact) mass is 421 g/mol. The second-order valence-corrected chi connectivity index (χ2v) is 8.92. The highest BCUT2D eigenvalue weighted by Gasteiger charge is 2.37. The van der Waals surface area contributed by atoms with Crippen molar-refractivity contribution in [3.05, 3.63) is 63.3 Å². The zero-order valence-corrected chi connectivity index (χ0v) is 17.6. The normalized spacial score (nSPS) is 20.1. The van der Waals surface area contributed by atoms with Crippen molar-refractivity contribution in [2.45, 2.75) is 38.6 Å². The van der Waals surface area contributed by atoms with Crippen molar-refractivity contribution in [3.63, 3.8) is 0 Å². The molecule has 5 rings (SSSR count). The van der Waals surface area contributed by atoms with E-state index in [9.17, 15) is 9.59 Å². The zero-order valence-electron chi connectivity index (χ0n) is 16.8. The van der Waals surface area contributed by atoms with E-state index < -0.39 is 0 Å². The Balaban J connectivity index is 1.47. The van der Waals surface area contributed by atoms with Crippen molar-refractivity contribution in [3.8, 4) is 11.1 Å². The highest BCUT2D eigenvalue weighted by atomic mass is 32.1. The standard InChI is InChI=1S/C22H23N5O2S/c1-2-4-18-21(30-25-24-18)22(29)26-11-14-7-17(13-26)19-8-16(9-20(28)27(19)12-14)15-5-3-6-23-10-15/h3,5-6,8-10,14,17H,2,4,7,11-13H2,1H3/t14-,17+/m0/s1. The van der Waals surface area contributed by atoms with Crippen LogP contribution in [0.2, 0.25) is 0 Å². The van der Waals surface area contributed by atoms with E-state index in [2.05, 4.69) is 27.6 Å². The van der Waals surface area contributed by atoms with Crippen molar-refractivity contribution in [2.75, 3.05) is 13.1 Å². The summed E-state index contributed by atoms with van der Waals surface area (Å²) in [6, 6.07) is 7.64. The van der Waals surface area contributed by atoms with E-state index in [0.29, 0.717) is 24.5 Å². The van der Waals surface area contributed by atoms with Gasteiger partial charge >= 0.3 is 0 Å². The molecule has 3 aromatic heterocycles. The molecule has 2 aliphatic heterocycles. The number of aryl methyl sites for hydroxylation is 1. The Hall–Kier alpha value is -2.87. The average molecular weight is 422 g/mol. The molecule has 0 aliphatic carbocycles. The Labute approximate surface area is 178 Å². The maximum absolute atomic E-state index is 13.2. The van der Waals surface area contributed by atoms with Gasteiger partial charge in [-0.2, -0.15) is 0 Å². The van der Waals surface area contributed by atoms with E-state index in [0.717, 1.165) is 41.8 Å². The van der Waals surface area contributed by atoms with Crippen LogP contribution in [-0.2, 0) is 13.0 Å². The second kappa shape index (κ2) is 7.75. The van der Waals surface area contributed by atoms with Crippen molar-refractivity contribution < 1.29 is 4.79 Å². The number of pyridine rings is 2. The minimum Gasteiger partial charge on any atom is -0.337 e. The summed E-state index contributed by atoms with van der Waals surface area (Å²) in [6.07, 6.45) is 6.21. The van der Waals surface area contributed by atoms with Gasteiger partial charge < -0.3 is 9.47 Å². The third-order valence-corrected chi connectivity index (χ3v) is 6.83. The molecule has 5 heterocycles. The molecule has 7 nitrogen and oxygen atoms in total. The Kier molecular flexibility index (Phi) is 4.94. The van der Waals surface area contributed by atoms with Crippen LogP contribution in [0.4, 0.5) is 0 Å². The van der Waals surface area contributed by atoms with E-state index in [1.54, 1.807) is 18.5 Å². The van der Waals surface area contributed by atoms with Crippen LogP contribution >= 0.6 is 11.5 Å². The smallest absolute Gasteiger partial charge is 0.267 e.